The van der Waals surface area contributed by atoms with E-state index < -0.39 is 0 Å². The number of nitrogens with one attached hydrogen (secondary N) is 1. The SMILES string of the molecule is CC(=NNC(=O)c1cccc(Br)c1)c1ccc(C)c(C)c1. The van der Waals surface area contributed by atoms with Crippen LogP contribution in [0.2, 0.25) is 0 Å². The lowest BCUT2D eigenvalue weighted by molar-refractivity contribution is 0.0955. The fourth-order valence-electron chi connectivity index (χ4n) is 1.86. The summed E-state index contributed by atoms with van der Waals surface area (Å²) in [5.74, 6) is -0.223. The van der Waals surface area contributed by atoms with Crippen molar-refractivity contribution in [2.75, 3.05) is 0 Å². The number of halogens is 1. The molecule has 2 aromatic rings. The van der Waals surface area contributed by atoms with E-state index in [4.69, 9.17) is 0 Å². The maximum absolute atomic E-state index is 12.0. The number of hydrogen-bond acceptors (Lipinski definition) is 2. The number of amides is 1. The topological polar surface area (TPSA) is 41.5 Å². The van der Waals surface area contributed by atoms with E-state index in [2.05, 4.69) is 52.4 Å². The lowest BCUT2D eigenvalue weighted by atomic mass is 10.0. The van der Waals surface area contributed by atoms with Crippen molar-refractivity contribution in [3.63, 3.8) is 0 Å². The molecule has 0 atom stereocenters. The lowest BCUT2D eigenvalue weighted by Gasteiger charge is -2.06. The smallest absolute Gasteiger partial charge is 0.267 e. The molecule has 0 saturated heterocycles. The summed E-state index contributed by atoms with van der Waals surface area (Å²) in [5.41, 5.74) is 7.39. The Hall–Kier alpha value is -1.94. The summed E-state index contributed by atoms with van der Waals surface area (Å²) < 4.78 is 0.866. The number of hydrazone groups is 1. The quantitative estimate of drug-likeness (QED) is 0.657. The Bertz CT molecular complexity index is 708. The summed E-state index contributed by atoms with van der Waals surface area (Å²) in [5, 5.41) is 4.17. The predicted octanol–water partition coefficient (Wildman–Crippen LogP) is 4.22. The molecular weight excluding hydrogens is 328 g/mol. The van der Waals surface area contributed by atoms with Crippen molar-refractivity contribution in [2.45, 2.75) is 20.8 Å². The van der Waals surface area contributed by atoms with Gasteiger partial charge in [0, 0.05) is 10.0 Å². The molecule has 0 aliphatic rings. The molecule has 0 bridgehead atoms. The Morgan fingerprint density at radius 1 is 1.05 bits per heavy atom. The highest BCUT2D eigenvalue weighted by molar-refractivity contribution is 9.10. The summed E-state index contributed by atoms with van der Waals surface area (Å²) in [6.07, 6.45) is 0. The minimum atomic E-state index is -0.223. The van der Waals surface area contributed by atoms with E-state index >= 15 is 0 Å². The lowest BCUT2D eigenvalue weighted by Crippen LogP contribution is -2.19. The van der Waals surface area contributed by atoms with Gasteiger partial charge >= 0.3 is 0 Å². The zero-order valence-electron chi connectivity index (χ0n) is 12.3. The first-order chi connectivity index (χ1) is 9.97. The van der Waals surface area contributed by atoms with Gasteiger partial charge in [0.1, 0.15) is 0 Å². The van der Waals surface area contributed by atoms with Gasteiger partial charge in [-0.25, -0.2) is 5.43 Å². The van der Waals surface area contributed by atoms with Crippen molar-refractivity contribution in [2.24, 2.45) is 5.10 Å². The minimum Gasteiger partial charge on any atom is -0.267 e. The standard InChI is InChI=1S/C17H17BrN2O/c1-11-7-8-14(9-12(11)2)13(3)19-20-17(21)15-5-4-6-16(18)10-15/h4-10H,1-3H3,(H,20,21). The van der Waals surface area contributed by atoms with Crippen molar-refractivity contribution < 1.29 is 4.79 Å². The summed E-state index contributed by atoms with van der Waals surface area (Å²) in [6.45, 7) is 6.01. The van der Waals surface area contributed by atoms with Crippen LogP contribution >= 0.6 is 15.9 Å². The van der Waals surface area contributed by atoms with Crippen LogP contribution in [0.15, 0.2) is 52.0 Å². The molecule has 0 radical (unpaired) electrons. The van der Waals surface area contributed by atoms with Gasteiger partial charge in [-0.1, -0.05) is 34.1 Å². The first-order valence-corrected chi connectivity index (χ1v) is 7.44. The number of carbonyl (C=O) groups excluding carboxylic acids is 1. The van der Waals surface area contributed by atoms with Crippen molar-refractivity contribution in [1.82, 2.24) is 5.43 Å². The molecule has 2 aromatic carbocycles. The third kappa shape index (κ3) is 4.02. The van der Waals surface area contributed by atoms with E-state index in [-0.39, 0.29) is 5.91 Å². The highest BCUT2D eigenvalue weighted by atomic mass is 79.9. The number of carbonyl (C=O) groups is 1. The average Bonchev–Trinajstić information content (AvgIpc) is 2.47. The van der Waals surface area contributed by atoms with Gasteiger partial charge in [0.2, 0.25) is 0 Å². The van der Waals surface area contributed by atoms with Crippen LogP contribution < -0.4 is 5.43 Å². The van der Waals surface area contributed by atoms with Crippen LogP contribution in [-0.2, 0) is 0 Å². The van der Waals surface area contributed by atoms with Gasteiger partial charge in [-0.3, -0.25) is 4.79 Å². The maximum atomic E-state index is 12.0. The zero-order chi connectivity index (χ0) is 15.4. The van der Waals surface area contributed by atoms with Crippen molar-refractivity contribution in [1.29, 1.82) is 0 Å². The molecule has 21 heavy (non-hydrogen) atoms. The van der Waals surface area contributed by atoms with Crippen LogP contribution in [0.4, 0.5) is 0 Å². The van der Waals surface area contributed by atoms with E-state index in [9.17, 15) is 4.79 Å². The molecule has 0 saturated carbocycles. The largest absolute Gasteiger partial charge is 0.271 e. The van der Waals surface area contributed by atoms with Crippen LogP contribution in [0.3, 0.4) is 0 Å². The Morgan fingerprint density at radius 3 is 2.48 bits per heavy atom. The predicted molar refractivity (Wildman–Crippen MR) is 89.7 cm³/mol. The Balaban J connectivity index is 2.13. The third-order valence-corrected chi connectivity index (χ3v) is 3.83. The van der Waals surface area contributed by atoms with Crippen molar-refractivity contribution in [3.05, 3.63) is 69.2 Å². The van der Waals surface area contributed by atoms with Crippen molar-refractivity contribution in [3.8, 4) is 0 Å². The molecule has 0 fully saturated rings. The Kier molecular flexibility index (Phi) is 4.91. The number of benzene rings is 2. The maximum Gasteiger partial charge on any atom is 0.271 e. The fraction of sp³-hybridized carbons (Fsp3) is 0.176. The van der Waals surface area contributed by atoms with Crippen LogP contribution in [0, 0.1) is 13.8 Å². The number of rotatable bonds is 3. The van der Waals surface area contributed by atoms with E-state index in [1.54, 1.807) is 12.1 Å². The van der Waals surface area contributed by atoms with Crippen LogP contribution in [0.1, 0.15) is 34.0 Å². The molecule has 3 nitrogen and oxygen atoms in total. The van der Waals surface area contributed by atoms with E-state index in [0.717, 1.165) is 15.7 Å². The van der Waals surface area contributed by atoms with Gasteiger partial charge in [0.15, 0.2) is 0 Å². The molecular formula is C17H17BrN2O. The molecule has 0 aliphatic carbocycles. The number of nitrogens with zero attached hydrogens (tertiary/aromatic N) is 1. The first-order valence-electron chi connectivity index (χ1n) is 6.65. The van der Waals surface area contributed by atoms with Gasteiger partial charge < -0.3 is 0 Å². The summed E-state index contributed by atoms with van der Waals surface area (Å²) in [6, 6.07) is 13.3. The second-order valence-electron chi connectivity index (χ2n) is 4.95. The number of aryl methyl sites for hydroxylation is 2. The molecule has 0 heterocycles. The molecule has 0 spiro atoms. The molecule has 108 valence electrons. The molecule has 0 unspecified atom stereocenters. The van der Waals surface area contributed by atoms with E-state index in [1.165, 1.54) is 11.1 Å². The third-order valence-electron chi connectivity index (χ3n) is 3.34. The number of hydrogen-bond donors (Lipinski definition) is 1. The highest BCUT2D eigenvalue weighted by Crippen LogP contribution is 2.12. The van der Waals surface area contributed by atoms with Crippen LogP contribution in [0.25, 0.3) is 0 Å². The first kappa shape index (κ1) is 15.4. The molecule has 2 rings (SSSR count). The second-order valence-corrected chi connectivity index (χ2v) is 5.86. The molecule has 1 N–H and O–H groups in total. The van der Waals surface area contributed by atoms with Gasteiger partial charge in [-0.2, -0.15) is 5.10 Å². The van der Waals surface area contributed by atoms with Crippen LogP contribution in [0.5, 0.6) is 0 Å². The summed E-state index contributed by atoms with van der Waals surface area (Å²) in [7, 11) is 0. The second kappa shape index (κ2) is 6.68. The van der Waals surface area contributed by atoms with Crippen LogP contribution in [-0.4, -0.2) is 11.6 Å². The summed E-state index contributed by atoms with van der Waals surface area (Å²) in [4.78, 5) is 12.0. The van der Waals surface area contributed by atoms with Gasteiger partial charge in [0.05, 0.1) is 5.71 Å². The van der Waals surface area contributed by atoms with Gasteiger partial charge in [-0.05, 0) is 61.7 Å². The average molecular weight is 345 g/mol. The Morgan fingerprint density at radius 2 is 1.81 bits per heavy atom. The zero-order valence-corrected chi connectivity index (χ0v) is 13.9. The molecule has 0 aliphatic heterocycles. The molecule has 0 aromatic heterocycles. The highest BCUT2D eigenvalue weighted by Gasteiger charge is 2.05. The van der Waals surface area contributed by atoms with Gasteiger partial charge in [0.25, 0.3) is 5.91 Å². The van der Waals surface area contributed by atoms with E-state index in [0.29, 0.717) is 5.56 Å². The molecule has 1 amide bonds. The fourth-order valence-corrected chi connectivity index (χ4v) is 2.26. The Labute approximate surface area is 133 Å². The normalized spacial score (nSPS) is 11.3. The van der Waals surface area contributed by atoms with Crippen molar-refractivity contribution >= 4 is 27.5 Å². The molecule has 4 heteroatoms. The minimum absolute atomic E-state index is 0.223. The summed E-state index contributed by atoms with van der Waals surface area (Å²) >= 11 is 3.35. The van der Waals surface area contributed by atoms with Gasteiger partial charge in [-0.15, -0.1) is 0 Å². The monoisotopic (exact) mass is 344 g/mol. The van der Waals surface area contributed by atoms with E-state index in [1.807, 2.05) is 25.1 Å².